The van der Waals surface area contributed by atoms with E-state index in [9.17, 15) is 0 Å². The van der Waals surface area contributed by atoms with Gasteiger partial charge >= 0.3 is 10.4 Å². The number of pyridine rings is 1. The summed E-state index contributed by atoms with van der Waals surface area (Å²) in [7, 11) is -4.67. The minimum Gasteiger partial charge on any atom is -0.264 e. The summed E-state index contributed by atoms with van der Waals surface area (Å²) in [5.74, 6) is 0. The topological polar surface area (TPSA) is 87.5 Å². The molecule has 0 fully saturated rings. The van der Waals surface area contributed by atoms with Crippen LogP contribution in [0.2, 0.25) is 0 Å². The van der Waals surface area contributed by atoms with Crippen LogP contribution < -0.4 is 0 Å². The van der Waals surface area contributed by atoms with E-state index in [0.29, 0.717) is 0 Å². The molecule has 94 valence electrons. The Kier molecular flexibility index (Phi) is 10.6. The maximum atomic E-state index is 8.74. The molecule has 1 heterocycles. The second-order valence-electron chi connectivity index (χ2n) is 2.87. The summed E-state index contributed by atoms with van der Waals surface area (Å²) < 4.78 is 31.6. The Balaban J connectivity index is 0. The van der Waals surface area contributed by atoms with Crippen molar-refractivity contribution in [2.45, 2.75) is 26.2 Å². The second-order valence-corrected chi connectivity index (χ2v) is 3.77. The quantitative estimate of drug-likeness (QED) is 0.816. The largest absolute Gasteiger partial charge is 0.394 e. The number of nitrogens with zero attached hydrogens (tertiary/aromatic N) is 1. The molecule has 0 aromatic carbocycles. The van der Waals surface area contributed by atoms with Gasteiger partial charge in [0, 0.05) is 11.9 Å². The summed E-state index contributed by atoms with van der Waals surface area (Å²) in [5, 5.41) is 0. The molecule has 0 spiro atoms. The maximum absolute atomic E-state index is 8.74. The fourth-order valence-electron chi connectivity index (χ4n) is 0.904. The molecule has 0 bridgehead atoms. The van der Waals surface area contributed by atoms with E-state index in [4.69, 9.17) is 17.5 Å². The van der Waals surface area contributed by atoms with Crippen molar-refractivity contribution >= 4 is 23.9 Å². The van der Waals surface area contributed by atoms with Crippen LogP contribution in [-0.2, 0) is 16.8 Å². The SMILES string of the molecule is CCCCc1ccccn1.O=S(=O)(O)O.S. The lowest BCUT2D eigenvalue weighted by Crippen LogP contribution is -1.89. The highest BCUT2D eigenvalue weighted by Crippen LogP contribution is 1.99. The van der Waals surface area contributed by atoms with Crippen LogP contribution in [0.15, 0.2) is 24.4 Å². The molecule has 2 N–H and O–H groups in total. The van der Waals surface area contributed by atoms with Crippen LogP contribution in [0, 0.1) is 0 Å². The van der Waals surface area contributed by atoms with Crippen LogP contribution in [-0.4, -0.2) is 22.5 Å². The number of unbranched alkanes of at least 4 members (excludes halogenated alkanes) is 1. The Labute approximate surface area is 103 Å². The maximum Gasteiger partial charge on any atom is 0.394 e. The summed E-state index contributed by atoms with van der Waals surface area (Å²) >= 11 is 0. The Morgan fingerprint density at radius 1 is 1.31 bits per heavy atom. The summed E-state index contributed by atoms with van der Waals surface area (Å²) in [6.07, 6.45) is 5.47. The van der Waals surface area contributed by atoms with Crippen LogP contribution in [0.25, 0.3) is 0 Å². The Morgan fingerprint density at radius 3 is 2.25 bits per heavy atom. The van der Waals surface area contributed by atoms with Crippen molar-refractivity contribution in [2.24, 2.45) is 0 Å². The van der Waals surface area contributed by atoms with E-state index in [1.54, 1.807) is 0 Å². The first kappa shape index (κ1) is 17.8. The lowest BCUT2D eigenvalue weighted by Gasteiger charge is -1.95. The van der Waals surface area contributed by atoms with Gasteiger partial charge in [-0.25, -0.2) is 0 Å². The number of aryl methyl sites for hydroxylation is 1. The van der Waals surface area contributed by atoms with Gasteiger partial charge in [-0.1, -0.05) is 19.4 Å². The standard InChI is InChI=1S/C9H13N.H2O4S.H2S/c1-2-3-6-9-7-4-5-8-10-9;1-5(2,3)4;/h4-5,7-8H,2-3,6H2,1H3;(H2,1,2,3,4);1H2. The Bertz CT molecular complexity index is 345. The van der Waals surface area contributed by atoms with Crippen LogP contribution >= 0.6 is 13.5 Å². The minimum absolute atomic E-state index is 0. The summed E-state index contributed by atoms with van der Waals surface area (Å²) in [6, 6.07) is 6.07. The fourth-order valence-corrected chi connectivity index (χ4v) is 0.904. The van der Waals surface area contributed by atoms with E-state index in [1.165, 1.54) is 18.5 Å². The number of hydrogen-bond acceptors (Lipinski definition) is 3. The van der Waals surface area contributed by atoms with E-state index >= 15 is 0 Å². The predicted molar refractivity (Wildman–Crippen MR) is 67.4 cm³/mol. The van der Waals surface area contributed by atoms with Gasteiger partial charge in [0.05, 0.1) is 0 Å². The molecule has 0 aliphatic heterocycles. The summed E-state index contributed by atoms with van der Waals surface area (Å²) in [5.41, 5.74) is 1.21. The molecule has 1 rings (SSSR count). The van der Waals surface area contributed by atoms with E-state index in [1.807, 2.05) is 18.3 Å². The number of hydrogen-bond donors (Lipinski definition) is 2. The third kappa shape index (κ3) is 15.8. The number of rotatable bonds is 3. The van der Waals surface area contributed by atoms with Crippen molar-refractivity contribution < 1.29 is 17.5 Å². The zero-order valence-corrected chi connectivity index (χ0v) is 10.8. The highest BCUT2D eigenvalue weighted by Gasteiger charge is 1.89. The molecule has 1 aromatic heterocycles. The fraction of sp³-hybridized carbons (Fsp3) is 0.444. The molecule has 0 atom stereocenters. The highest BCUT2D eigenvalue weighted by atomic mass is 32.3. The second kappa shape index (κ2) is 9.59. The molecular formula is C9H17NO4S2. The van der Waals surface area contributed by atoms with Gasteiger partial charge in [-0.2, -0.15) is 21.9 Å². The molecule has 16 heavy (non-hydrogen) atoms. The molecule has 0 radical (unpaired) electrons. The van der Waals surface area contributed by atoms with Crippen molar-refractivity contribution in [1.29, 1.82) is 0 Å². The highest BCUT2D eigenvalue weighted by molar-refractivity contribution is 7.79. The number of aromatic nitrogens is 1. The molecular weight excluding hydrogens is 250 g/mol. The van der Waals surface area contributed by atoms with Gasteiger partial charge in [0.25, 0.3) is 0 Å². The van der Waals surface area contributed by atoms with Gasteiger partial charge in [-0.15, -0.1) is 0 Å². The van der Waals surface area contributed by atoms with Gasteiger partial charge in [0.1, 0.15) is 0 Å². The zero-order valence-electron chi connectivity index (χ0n) is 9.00. The normalized spacial score (nSPS) is 9.69. The lowest BCUT2D eigenvalue weighted by atomic mass is 10.2. The smallest absolute Gasteiger partial charge is 0.264 e. The van der Waals surface area contributed by atoms with Crippen LogP contribution in [0.4, 0.5) is 0 Å². The van der Waals surface area contributed by atoms with E-state index in [2.05, 4.69) is 18.0 Å². The van der Waals surface area contributed by atoms with E-state index in [-0.39, 0.29) is 13.5 Å². The molecule has 0 saturated heterocycles. The van der Waals surface area contributed by atoms with Crippen molar-refractivity contribution in [3.8, 4) is 0 Å². The molecule has 0 unspecified atom stereocenters. The van der Waals surface area contributed by atoms with Crippen molar-refractivity contribution in [3.05, 3.63) is 30.1 Å². The average molecular weight is 267 g/mol. The summed E-state index contributed by atoms with van der Waals surface area (Å²) in [6.45, 7) is 2.20. The first-order valence-electron chi connectivity index (χ1n) is 4.53. The minimum atomic E-state index is -4.67. The van der Waals surface area contributed by atoms with Crippen LogP contribution in [0.5, 0.6) is 0 Å². The monoisotopic (exact) mass is 267 g/mol. The van der Waals surface area contributed by atoms with Crippen LogP contribution in [0.3, 0.4) is 0 Å². The Hall–Kier alpha value is -0.630. The zero-order chi connectivity index (χ0) is 11.7. The first-order valence-corrected chi connectivity index (χ1v) is 5.93. The third-order valence-corrected chi connectivity index (χ3v) is 1.51. The third-order valence-electron chi connectivity index (χ3n) is 1.51. The van der Waals surface area contributed by atoms with E-state index < -0.39 is 10.4 Å². The lowest BCUT2D eigenvalue weighted by molar-refractivity contribution is 0.381. The van der Waals surface area contributed by atoms with Crippen LogP contribution in [0.1, 0.15) is 25.5 Å². The van der Waals surface area contributed by atoms with Crippen molar-refractivity contribution in [2.75, 3.05) is 0 Å². The summed E-state index contributed by atoms with van der Waals surface area (Å²) in [4.78, 5) is 4.22. The molecule has 0 aliphatic carbocycles. The van der Waals surface area contributed by atoms with Gasteiger partial charge < -0.3 is 0 Å². The molecule has 7 heteroatoms. The Morgan fingerprint density at radius 2 is 1.88 bits per heavy atom. The molecule has 0 amide bonds. The molecule has 5 nitrogen and oxygen atoms in total. The molecule has 0 aliphatic rings. The molecule has 0 saturated carbocycles. The van der Waals surface area contributed by atoms with Crippen molar-refractivity contribution in [1.82, 2.24) is 4.98 Å². The van der Waals surface area contributed by atoms with Crippen molar-refractivity contribution in [3.63, 3.8) is 0 Å². The van der Waals surface area contributed by atoms with Gasteiger partial charge in [0.15, 0.2) is 0 Å². The predicted octanol–water partition coefficient (Wildman–Crippen LogP) is 1.88. The van der Waals surface area contributed by atoms with Gasteiger partial charge in [0.2, 0.25) is 0 Å². The van der Waals surface area contributed by atoms with E-state index in [0.717, 1.165) is 6.42 Å². The van der Waals surface area contributed by atoms with Gasteiger partial charge in [-0.3, -0.25) is 14.1 Å². The first-order chi connectivity index (χ1) is 6.93. The molecule has 1 aromatic rings. The average Bonchev–Trinajstić information content (AvgIpc) is 2.14. The van der Waals surface area contributed by atoms with Gasteiger partial charge in [-0.05, 0) is 25.0 Å².